The molecule has 0 aliphatic rings. The SMILES string of the molecule is CC(C)Oc1ccc(CNC(=O)c2ccc(C(=O)O)o2)c(C(F)(F)F)c1. The summed E-state index contributed by atoms with van der Waals surface area (Å²) in [5.74, 6) is -2.87. The van der Waals surface area contributed by atoms with Gasteiger partial charge in [0.05, 0.1) is 11.7 Å². The lowest BCUT2D eigenvalue weighted by Gasteiger charge is -2.16. The molecule has 2 aromatic rings. The molecular formula is C17H16F3NO5. The summed E-state index contributed by atoms with van der Waals surface area (Å²) in [6.45, 7) is 2.96. The van der Waals surface area contributed by atoms with Crippen LogP contribution in [0, 0.1) is 0 Å². The zero-order valence-electron chi connectivity index (χ0n) is 13.9. The minimum Gasteiger partial charge on any atom is -0.491 e. The van der Waals surface area contributed by atoms with Crippen LogP contribution in [-0.4, -0.2) is 23.1 Å². The molecule has 9 heteroatoms. The predicted octanol–water partition coefficient (Wildman–Crippen LogP) is 3.71. The lowest BCUT2D eigenvalue weighted by atomic mass is 10.1. The van der Waals surface area contributed by atoms with Gasteiger partial charge in [0, 0.05) is 6.54 Å². The van der Waals surface area contributed by atoms with Crippen LogP contribution in [0.5, 0.6) is 5.75 Å². The van der Waals surface area contributed by atoms with Gasteiger partial charge in [0.1, 0.15) is 5.75 Å². The second-order valence-corrected chi connectivity index (χ2v) is 5.64. The number of carbonyl (C=O) groups excluding carboxylic acids is 1. The van der Waals surface area contributed by atoms with Gasteiger partial charge in [0.15, 0.2) is 5.76 Å². The predicted molar refractivity (Wildman–Crippen MR) is 84.0 cm³/mol. The lowest BCUT2D eigenvalue weighted by molar-refractivity contribution is -0.138. The van der Waals surface area contributed by atoms with E-state index in [4.69, 9.17) is 14.3 Å². The van der Waals surface area contributed by atoms with Crippen molar-refractivity contribution in [2.24, 2.45) is 0 Å². The third-order valence-electron chi connectivity index (χ3n) is 3.24. The number of carbonyl (C=O) groups is 2. The monoisotopic (exact) mass is 371 g/mol. The maximum Gasteiger partial charge on any atom is 0.416 e. The minimum absolute atomic E-state index is 0.0690. The summed E-state index contributed by atoms with van der Waals surface area (Å²) in [6.07, 6.45) is -4.92. The first-order chi connectivity index (χ1) is 12.1. The van der Waals surface area contributed by atoms with Gasteiger partial charge in [-0.05, 0) is 43.7 Å². The topological polar surface area (TPSA) is 88.8 Å². The molecule has 6 nitrogen and oxygen atoms in total. The van der Waals surface area contributed by atoms with Crippen molar-refractivity contribution in [2.45, 2.75) is 32.7 Å². The van der Waals surface area contributed by atoms with Crippen molar-refractivity contribution in [3.05, 3.63) is 53.0 Å². The van der Waals surface area contributed by atoms with E-state index in [2.05, 4.69) is 5.32 Å². The summed E-state index contributed by atoms with van der Waals surface area (Å²) >= 11 is 0. The van der Waals surface area contributed by atoms with Crippen LogP contribution in [0.2, 0.25) is 0 Å². The van der Waals surface area contributed by atoms with E-state index in [1.165, 1.54) is 12.1 Å². The third kappa shape index (κ3) is 4.78. The molecule has 0 radical (unpaired) electrons. The van der Waals surface area contributed by atoms with Crippen LogP contribution in [-0.2, 0) is 12.7 Å². The second kappa shape index (κ2) is 7.51. The standard InChI is InChI=1S/C17H16F3NO5/c1-9(2)25-11-4-3-10(12(7-11)17(18,19)20)8-21-15(22)13-5-6-14(26-13)16(23)24/h3-7,9H,8H2,1-2H3,(H,21,22)(H,23,24). The van der Waals surface area contributed by atoms with Gasteiger partial charge in [-0.15, -0.1) is 0 Å². The summed E-state index contributed by atoms with van der Waals surface area (Å²) in [5.41, 5.74) is -1.09. The van der Waals surface area contributed by atoms with Crippen LogP contribution in [0.25, 0.3) is 0 Å². The molecule has 0 saturated heterocycles. The molecule has 1 heterocycles. The Balaban J connectivity index is 2.17. The maximum atomic E-state index is 13.3. The maximum absolute atomic E-state index is 13.3. The molecule has 2 N–H and O–H groups in total. The Morgan fingerprint density at radius 1 is 1.19 bits per heavy atom. The van der Waals surface area contributed by atoms with E-state index in [9.17, 15) is 22.8 Å². The molecule has 2 rings (SSSR count). The van der Waals surface area contributed by atoms with E-state index in [0.29, 0.717) is 0 Å². The number of ether oxygens (including phenoxy) is 1. The fourth-order valence-electron chi connectivity index (χ4n) is 2.16. The van der Waals surface area contributed by atoms with Gasteiger partial charge < -0.3 is 19.6 Å². The normalized spacial score (nSPS) is 11.5. The molecule has 0 aliphatic heterocycles. The van der Waals surface area contributed by atoms with Crippen molar-refractivity contribution in [2.75, 3.05) is 0 Å². The summed E-state index contributed by atoms with van der Waals surface area (Å²) in [5, 5.41) is 11.0. The molecule has 0 atom stereocenters. The van der Waals surface area contributed by atoms with Crippen LogP contribution in [0.1, 0.15) is 46.1 Å². The first-order valence-corrected chi connectivity index (χ1v) is 7.56. The molecule has 1 aromatic heterocycles. The zero-order valence-corrected chi connectivity index (χ0v) is 13.9. The number of amides is 1. The summed E-state index contributed by atoms with van der Waals surface area (Å²) in [7, 11) is 0. The molecule has 0 fully saturated rings. The number of benzene rings is 1. The molecule has 0 spiro atoms. The number of nitrogens with one attached hydrogen (secondary N) is 1. The van der Waals surface area contributed by atoms with Crippen molar-refractivity contribution >= 4 is 11.9 Å². The van der Waals surface area contributed by atoms with Crippen molar-refractivity contribution in [1.29, 1.82) is 0 Å². The summed E-state index contributed by atoms with van der Waals surface area (Å²) in [6, 6.07) is 5.67. The number of carboxylic acids is 1. The van der Waals surface area contributed by atoms with E-state index >= 15 is 0 Å². The van der Waals surface area contributed by atoms with Crippen molar-refractivity contribution in [3.63, 3.8) is 0 Å². The summed E-state index contributed by atoms with van der Waals surface area (Å²) < 4.78 is 49.8. The van der Waals surface area contributed by atoms with Gasteiger partial charge in [-0.25, -0.2) is 4.79 Å². The fraction of sp³-hybridized carbons (Fsp3) is 0.294. The van der Waals surface area contributed by atoms with Crippen LogP contribution in [0.4, 0.5) is 13.2 Å². The minimum atomic E-state index is -4.63. The van der Waals surface area contributed by atoms with E-state index in [-0.39, 0.29) is 23.2 Å². The Bertz CT molecular complexity index is 811. The van der Waals surface area contributed by atoms with Crippen molar-refractivity contribution in [1.82, 2.24) is 5.32 Å². The van der Waals surface area contributed by atoms with Crippen LogP contribution >= 0.6 is 0 Å². The van der Waals surface area contributed by atoms with E-state index in [0.717, 1.165) is 18.2 Å². The van der Waals surface area contributed by atoms with Crippen LogP contribution < -0.4 is 10.1 Å². The number of aromatic carboxylic acids is 1. The van der Waals surface area contributed by atoms with Gasteiger partial charge in [0.25, 0.3) is 5.91 Å². The molecule has 0 aliphatic carbocycles. The fourth-order valence-corrected chi connectivity index (χ4v) is 2.16. The number of carboxylic acid groups (broad SMARTS) is 1. The molecular weight excluding hydrogens is 355 g/mol. The molecule has 0 unspecified atom stereocenters. The van der Waals surface area contributed by atoms with Gasteiger partial charge in [-0.1, -0.05) is 6.07 Å². The highest BCUT2D eigenvalue weighted by molar-refractivity contribution is 5.93. The Kier molecular flexibility index (Phi) is 5.59. The van der Waals surface area contributed by atoms with Gasteiger partial charge in [-0.2, -0.15) is 13.2 Å². The number of rotatable bonds is 6. The van der Waals surface area contributed by atoms with Crippen molar-refractivity contribution < 1.29 is 37.0 Å². The second-order valence-electron chi connectivity index (χ2n) is 5.64. The highest BCUT2D eigenvalue weighted by atomic mass is 19.4. The largest absolute Gasteiger partial charge is 0.491 e. The number of hydrogen-bond donors (Lipinski definition) is 2. The Labute approximate surface area is 146 Å². The Morgan fingerprint density at radius 3 is 2.38 bits per heavy atom. The first kappa shape index (κ1) is 19.4. The Morgan fingerprint density at radius 2 is 1.85 bits per heavy atom. The van der Waals surface area contributed by atoms with Gasteiger partial charge >= 0.3 is 12.1 Å². The number of furan rings is 1. The summed E-state index contributed by atoms with van der Waals surface area (Å²) in [4.78, 5) is 22.6. The molecule has 26 heavy (non-hydrogen) atoms. The molecule has 1 amide bonds. The zero-order chi connectivity index (χ0) is 19.5. The van der Waals surface area contributed by atoms with Gasteiger partial charge in [-0.3, -0.25) is 4.79 Å². The highest BCUT2D eigenvalue weighted by Gasteiger charge is 2.34. The number of hydrogen-bond acceptors (Lipinski definition) is 4. The molecule has 140 valence electrons. The number of alkyl halides is 3. The number of halogens is 3. The van der Waals surface area contributed by atoms with E-state index < -0.39 is 35.9 Å². The quantitative estimate of drug-likeness (QED) is 0.808. The smallest absolute Gasteiger partial charge is 0.416 e. The third-order valence-corrected chi connectivity index (χ3v) is 3.24. The molecule has 1 aromatic carbocycles. The van der Waals surface area contributed by atoms with Crippen LogP contribution in [0.15, 0.2) is 34.7 Å². The van der Waals surface area contributed by atoms with Gasteiger partial charge in [0.2, 0.25) is 5.76 Å². The van der Waals surface area contributed by atoms with Crippen molar-refractivity contribution in [3.8, 4) is 5.75 Å². The highest BCUT2D eigenvalue weighted by Crippen LogP contribution is 2.34. The molecule has 0 bridgehead atoms. The van der Waals surface area contributed by atoms with E-state index in [1.807, 2.05) is 0 Å². The van der Waals surface area contributed by atoms with Crippen LogP contribution in [0.3, 0.4) is 0 Å². The Hall–Kier alpha value is -2.97. The lowest BCUT2D eigenvalue weighted by Crippen LogP contribution is -2.24. The average molecular weight is 371 g/mol. The van der Waals surface area contributed by atoms with E-state index in [1.54, 1.807) is 13.8 Å². The average Bonchev–Trinajstić information content (AvgIpc) is 3.02. The first-order valence-electron chi connectivity index (χ1n) is 7.56. The molecule has 0 saturated carbocycles.